The van der Waals surface area contributed by atoms with E-state index in [9.17, 15) is 0 Å². The van der Waals surface area contributed by atoms with E-state index in [4.69, 9.17) is 5.73 Å². The molecule has 0 rings (SSSR count). The second kappa shape index (κ2) is 486. The van der Waals surface area contributed by atoms with Crippen molar-refractivity contribution in [3.8, 4) is 0 Å². The summed E-state index contributed by atoms with van der Waals surface area (Å²) in [4.78, 5) is 0. The summed E-state index contributed by atoms with van der Waals surface area (Å²) < 4.78 is 0. The number of nitrogens with one attached hydrogen (secondary N) is 1. The molecule has 0 saturated carbocycles. The predicted octanol–water partition coefficient (Wildman–Crippen LogP) is 5.22. The Hall–Kier alpha value is 0.648. The third-order valence-corrected chi connectivity index (χ3v) is 0. The van der Waals surface area contributed by atoms with Crippen LogP contribution < -0.4 is 0 Å². The maximum atomic E-state index is 5.75. The van der Waals surface area contributed by atoms with Crippen molar-refractivity contribution in [3.05, 3.63) is 12.2 Å². The first-order valence-corrected chi connectivity index (χ1v) is 3.65. The molecule has 0 amide bonds. The molecule has 0 aliphatic heterocycles. The summed E-state index contributed by atoms with van der Waals surface area (Å²) in [6, 6.07) is 0. The fraction of sp³-hybridized carbons (Fsp3) is 0.900. The van der Waals surface area contributed by atoms with Gasteiger partial charge in [0.2, 0.25) is 0 Å². The van der Waals surface area contributed by atoms with Gasteiger partial charge in [0.25, 0.3) is 0 Å². The van der Waals surface area contributed by atoms with E-state index in [-0.39, 0.29) is 35.9 Å². The van der Waals surface area contributed by atoms with Gasteiger partial charge in [-0.2, -0.15) is 20.9 Å². The second-order valence-electron chi connectivity index (χ2n) is 0.577. The molecule has 0 saturated heterocycles. The van der Waals surface area contributed by atoms with Crippen LogP contribution in [0.2, 0.25) is 0 Å². The monoisotopic (exact) mass is 349 g/mol. The Balaban J connectivity index is -0.00000000522. The summed E-state index contributed by atoms with van der Waals surface area (Å²) in [6.45, 7) is 12.0. The van der Waals surface area contributed by atoms with E-state index in [2.05, 4.69) is 0 Å². The van der Waals surface area contributed by atoms with Crippen molar-refractivity contribution >= 4 is 0 Å². The molecule has 0 aliphatic carbocycles. The molecular formula is C10H31NW. The van der Waals surface area contributed by atoms with Gasteiger partial charge in [0.15, 0.2) is 0 Å². The largest absolute Gasteiger partial charge is 2.00 e. The van der Waals surface area contributed by atoms with Gasteiger partial charge in [-0.1, -0.05) is 42.5 Å². The molecule has 0 radical (unpaired) electrons. The smallest absolute Gasteiger partial charge is 0.680 e. The number of rotatable bonds is 0. The van der Waals surface area contributed by atoms with Crippen molar-refractivity contribution in [2.75, 3.05) is 7.05 Å². The molecule has 1 N–H and O–H groups in total. The van der Waals surface area contributed by atoms with Gasteiger partial charge in [0, 0.05) is 0 Å². The molecule has 1 nitrogen and oxygen atoms in total. The molecule has 0 fully saturated rings. The number of hydrogen-bond donors (Lipinski definition) is 0. The van der Waals surface area contributed by atoms with E-state index in [0.29, 0.717) is 0 Å². The van der Waals surface area contributed by atoms with Crippen LogP contribution in [0.1, 0.15) is 56.4 Å². The first-order chi connectivity index (χ1) is 4.41. The Morgan fingerprint density at radius 3 is 0.750 bits per heavy atom. The molecule has 12 heavy (non-hydrogen) atoms. The molecule has 2 heteroatoms. The van der Waals surface area contributed by atoms with Crippen molar-refractivity contribution in [2.45, 2.75) is 56.4 Å². The van der Waals surface area contributed by atoms with Crippen LogP contribution in [0.3, 0.4) is 0 Å². The van der Waals surface area contributed by atoms with E-state index in [0.717, 1.165) is 0 Å². The van der Waals surface area contributed by atoms with Crippen molar-refractivity contribution in [3.63, 3.8) is 0 Å². The minimum Gasteiger partial charge on any atom is -0.680 e. The number of hydrogen-bond acceptors (Lipinski definition) is 0. The van der Waals surface area contributed by atoms with Gasteiger partial charge in [-0.15, -0.1) is 0 Å². The Kier molecular flexibility index (Phi) is 2180. The van der Waals surface area contributed by atoms with E-state index in [1.807, 2.05) is 48.0 Å². The first kappa shape index (κ1) is 53.8. The third kappa shape index (κ3) is 2360. The Morgan fingerprint density at radius 2 is 0.750 bits per heavy atom. The normalized spacial score (nSPS) is 3.00. The molecule has 0 aliphatic rings. The summed E-state index contributed by atoms with van der Waals surface area (Å²) in [5, 5.41) is 0. The molecule has 0 unspecified atom stereocenters. The van der Waals surface area contributed by atoms with E-state index in [1.165, 1.54) is 7.05 Å². The first-order valence-electron chi connectivity index (χ1n) is 3.65. The fourth-order valence-corrected chi connectivity index (χ4v) is 0. The summed E-state index contributed by atoms with van der Waals surface area (Å²) in [5.41, 5.74) is 5.75. The van der Waals surface area contributed by atoms with Crippen LogP contribution in [0, 0.1) is 6.42 Å². The van der Waals surface area contributed by atoms with Crippen LogP contribution >= 0.6 is 0 Å². The van der Waals surface area contributed by atoms with Crippen molar-refractivity contribution < 1.29 is 21.1 Å². The van der Waals surface area contributed by atoms with Gasteiger partial charge >= 0.3 is 21.1 Å². The Morgan fingerprint density at radius 1 is 0.750 bits per heavy atom. The molecule has 0 spiro atoms. The van der Waals surface area contributed by atoms with Crippen molar-refractivity contribution in [2.24, 2.45) is 0 Å². The van der Waals surface area contributed by atoms with Gasteiger partial charge in [0.1, 0.15) is 0 Å². The van der Waals surface area contributed by atoms with Gasteiger partial charge in [-0.05, 0) is 0 Å². The third-order valence-electron chi connectivity index (χ3n) is 0. The molecular weight excluding hydrogens is 318 g/mol. The standard InChI is InChI=1S/C3H7.2C2H6.CH4N.2CH4.W/c1-3-2;3*1-2;;;/h3H,1-2H3;2*1-2H3;2H,1H3;2*1H4;/q-1;;;-1;;;+2. The maximum Gasteiger partial charge on any atom is 2.00 e. The van der Waals surface area contributed by atoms with Gasteiger partial charge in [-0.25, -0.2) is 0 Å². The fourth-order valence-electron chi connectivity index (χ4n) is 0. The Labute approximate surface area is 96.8 Å². The molecule has 0 heterocycles. The topological polar surface area (TPSA) is 23.8 Å². The van der Waals surface area contributed by atoms with Crippen molar-refractivity contribution in [1.29, 1.82) is 0 Å². The quantitative estimate of drug-likeness (QED) is 0.536. The van der Waals surface area contributed by atoms with Gasteiger partial charge in [0.05, 0.1) is 0 Å². The average Bonchev–Trinajstić information content (AvgIpc) is 2.01. The van der Waals surface area contributed by atoms with Crippen LogP contribution in [0.5, 0.6) is 0 Å². The molecule has 0 aromatic rings. The van der Waals surface area contributed by atoms with Crippen LogP contribution in [-0.4, -0.2) is 7.05 Å². The summed E-state index contributed by atoms with van der Waals surface area (Å²) >= 11 is 0. The van der Waals surface area contributed by atoms with Gasteiger partial charge < -0.3 is 12.2 Å². The molecule has 82 valence electrons. The van der Waals surface area contributed by atoms with E-state index < -0.39 is 0 Å². The van der Waals surface area contributed by atoms with E-state index >= 15 is 0 Å². The minimum absolute atomic E-state index is 0. The second-order valence-corrected chi connectivity index (χ2v) is 0.577. The van der Waals surface area contributed by atoms with E-state index in [1.54, 1.807) is 0 Å². The van der Waals surface area contributed by atoms with Crippen LogP contribution in [-0.2, 0) is 21.1 Å². The zero-order chi connectivity index (χ0) is 8.71. The van der Waals surface area contributed by atoms with Crippen LogP contribution in [0.25, 0.3) is 5.73 Å². The van der Waals surface area contributed by atoms with Crippen molar-refractivity contribution in [1.82, 2.24) is 0 Å². The minimum atomic E-state index is 0. The summed E-state index contributed by atoms with van der Waals surface area (Å²) in [6.07, 6.45) is 2.00. The van der Waals surface area contributed by atoms with Crippen LogP contribution in [0.4, 0.5) is 0 Å². The predicted molar refractivity (Wildman–Crippen MR) is 62.1 cm³/mol. The maximum absolute atomic E-state index is 5.75. The molecule has 0 atom stereocenters. The van der Waals surface area contributed by atoms with Gasteiger partial charge in [-0.3, -0.25) is 0 Å². The summed E-state index contributed by atoms with van der Waals surface area (Å²) in [5.74, 6) is 0. The average molecular weight is 349 g/mol. The zero-order valence-corrected chi connectivity index (χ0v) is 11.4. The molecule has 0 bridgehead atoms. The molecule has 0 aromatic heterocycles. The summed E-state index contributed by atoms with van der Waals surface area (Å²) in [7, 11) is 1.25. The Bertz CT molecular complexity index is 9.80. The zero-order valence-electron chi connectivity index (χ0n) is 8.49. The SMILES string of the molecule is C.C.CC.CC.C[CH-]C.C[NH-].[W+2]. The molecule has 0 aromatic carbocycles. The van der Waals surface area contributed by atoms with Crippen LogP contribution in [0.15, 0.2) is 0 Å².